The highest BCUT2D eigenvalue weighted by molar-refractivity contribution is 5.94. The number of benzene rings is 1. The summed E-state index contributed by atoms with van der Waals surface area (Å²) >= 11 is 0. The first kappa shape index (κ1) is 14.5. The van der Waals surface area contributed by atoms with Gasteiger partial charge in [-0.25, -0.2) is 4.79 Å². The Balaban J connectivity index is 1.99. The van der Waals surface area contributed by atoms with Crippen LogP contribution >= 0.6 is 0 Å². The molecule has 1 heterocycles. The van der Waals surface area contributed by atoms with E-state index < -0.39 is 5.97 Å². The SMILES string of the molecule is Cc1ccc(C(=O)O)cc1NC(=O)CC1CCCCO1. The maximum absolute atomic E-state index is 12.0. The number of rotatable bonds is 4. The third-order valence-electron chi connectivity index (χ3n) is 3.45. The molecule has 1 unspecified atom stereocenters. The minimum Gasteiger partial charge on any atom is -0.478 e. The van der Waals surface area contributed by atoms with Gasteiger partial charge in [0.05, 0.1) is 18.1 Å². The van der Waals surface area contributed by atoms with Crippen LogP contribution in [0.2, 0.25) is 0 Å². The van der Waals surface area contributed by atoms with Crippen molar-refractivity contribution in [1.29, 1.82) is 0 Å². The molecule has 1 atom stereocenters. The number of carbonyl (C=O) groups is 2. The topological polar surface area (TPSA) is 75.6 Å². The van der Waals surface area contributed by atoms with Crippen LogP contribution in [0, 0.1) is 6.92 Å². The van der Waals surface area contributed by atoms with Crippen molar-refractivity contribution in [3.63, 3.8) is 0 Å². The molecule has 0 radical (unpaired) electrons. The number of amides is 1. The van der Waals surface area contributed by atoms with Gasteiger partial charge in [-0.3, -0.25) is 4.79 Å². The Hall–Kier alpha value is -1.88. The Morgan fingerprint density at radius 2 is 2.20 bits per heavy atom. The second-order valence-corrected chi connectivity index (χ2v) is 5.08. The van der Waals surface area contributed by atoms with Crippen LogP contribution in [0.1, 0.15) is 41.6 Å². The van der Waals surface area contributed by atoms with Gasteiger partial charge in [0.25, 0.3) is 0 Å². The number of carbonyl (C=O) groups excluding carboxylic acids is 1. The fourth-order valence-electron chi connectivity index (χ4n) is 2.27. The summed E-state index contributed by atoms with van der Waals surface area (Å²) in [4.78, 5) is 22.9. The first-order valence-corrected chi connectivity index (χ1v) is 6.81. The molecule has 2 rings (SSSR count). The third kappa shape index (κ3) is 3.81. The molecule has 5 nitrogen and oxygen atoms in total. The van der Waals surface area contributed by atoms with E-state index in [1.807, 2.05) is 6.92 Å². The largest absolute Gasteiger partial charge is 0.478 e. The molecule has 1 fully saturated rings. The van der Waals surface area contributed by atoms with E-state index in [9.17, 15) is 9.59 Å². The minimum absolute atomic E-state index is 0.0216. The minimum atomic E-state index is -1.00. The molecule has 1 saturated heterocycles. The molecule has 1 aliphatic heterocycles. The summed E-state index contributed by atoms with van der Waals surface area (Å²) in [5.74, 6) is -1.14. The highest BCUT2D eigenvalue weighted by Crippen LogP contribution is 2.19. The summed E-state index contributed by atoms with van der Waals surface area (Å²) in [6, 6.07) is 4.70. The quantitative estimate of drug-likeness (QED) is 0.887. The zero-order valence-electron chi connectivity index (χ0n) is 11.5. The standard InChI is InChI=1S/C15H19NO4/c1-10-5-6-11(15(18)19)8-13(10)16-14(17)9-12-4-2-3-7-20-12/h5-6,8,12H,2-4,7,9H2,1H3,(H,16,17)(H,18,19). The van der Waals surface area contributed by atoms with Crippen molar-refractivity contribution >= 4 is 17.6 Å². The highest BCUT2D eigenvalue weighted by atomic mass is 16.5. The van der Waals surface area contributed by atoms with Crippen LogP contribution in [0.5, 0.6) is 0 Å². The summed E-state index contributed by atoms with van der Waals surface area (Å²) in [5.41, 5.74) is 1.55. The maximum Gasteiger partial charge on any atom is 0.335 e. The zero-order chi connectivity index (χ0) is 14.5. The summed E-state index contributed by atoms with van der Waals surface area (Å²) in [6.45, 7) is 2.55. The molecule has 1 amide bonds. The molecule has 0 saturated carbocycles. The Labute approximate surface area is 117 Å². The number of hydrogen-bond donors (Lipinski definition) is 2. The van der Waals surface area contributed by atoms with Gasteiger partial charge in [0.15, 0.2) is 0 Å². The van der Waals surface area contributed by atoms with Gasteiger partial charge >= 0.3 is 5.97 Å². The lowest BCUT2D eigenvalue weighted by Crippen LogP contribution is -2.25. The lowest BCUT2D eigenvalue weighted by atomic mass is 10.1. The van der Waals surface area contributed by atoms with Gasteiger partial charge in [-0.05, 0) is 43.9 Å². The van der Waals surface area contributed by atoms with E-state index in [-0.39, 0.29) is 17.6 Å². The van der Waals surface area contributed by atoms with Gasteiger partial charge in [-0.1, -0.05) is 6.07 Å². The molecule has 1 aromatic rings. The molecule has 0 bridgehead atoms. The molecule has 20 heavy (non-hydrogen) atoms. The molecule has 0 aliphatic carbocycles. The summed E-state index contributed by atoms with van der Waals surface area (Å²) in [5, 5.41) is 11.7. The molecule has 1 aliphatic rings. The van der Waals surface area contributed by atoms with Crippen LogP contribution in [-0.2, 0) is 9.53 Å². The molecule has 1 aromatic carbocycles. The molecule has 0 aromatic heterocycles. The van der Waals surface area contributed by atoms with E-state index in [0.29, 0.717) is 18.7 Å². The number of aromatic carboxylic acids is 1. The zero-order valence-corrected chi connectivity index (χ0v) is 11.5. The molecule has 5 heteroatoms. The van der Waals surface area contributed by atoms with Gasteiger partial charge in [-0.15, -0.1) is 0 Å². The van der Waals surface area contributed by atoms with Crippen molar-refractivity contribution in [2.45, 2.75) is 38.7 Å². The van der Waals surface area contributed by atoms with Gasteiger partial charge in [-0.2, -0.15) is 0 Å². The molecule has 2 N–H and O–H groups in total. The Kier molecular flexibility index (Phi) is 4.74. The molecule has 108 valence electrons. The maximum atomic E-state index is 12.0. The average molecular weight is 277 g/mol. The fourth-order valence-corrected chi connectivity index (χ4v) is 2.27. The van der Waals surface area contributed by atoms with Gasteiger partial charge in [0.1, 0.15) is 0 Å². The van der Waals surface area contributed by atoms with Gasteiger partial charge in [0, 0.05) is 12.3 Å². The highest BCUT2D eigenvalue weighted by Gasteiger charge is 2.18. The normalized spacial score (nSPS) is 18.6. The molecular weight excluding hydrogens is 258 g/mol. The van der Waals surface area contributed by atoms with Crippen LogP contribution in [0.15, 0.2) is 18.2 Å². The second-order valence-electron chi connectivity index (χ2n) is 5.08. The number of anilines is 1. The second kappa shape index (κ2) is 6.52. The van der Waals surface area contributed by atoms with E-state index in [1.165, 1.54) is 12.1 Å². The molecule has 0 spiro atoms. The number of carboxylic acids is 1. The Morgan fingerprint density at radius 3 is 2.85 bits per heavy atom. The first-order valence-electron chi connectivity index (χ1n) is 6.81. The van der Waals surface area contributed by atoms with Crippen LogP contribution in [0.25, 0.3) is 0 Å². The van der Waals surface area contributed by atoms with Crippen molar-refractivity contribution < 1.29 is 19.4 Å². The fraction of sp³-hybridized carbons (Fsp3) is 0.467. The first-order chi connectivity index (χ1) is 9.56. The number of nitrogens with one attached hydrogen (secondary N) is 1. The Morgan fingerprint density at radius 1 is 1.40 bits per heavy atom. The van der Waals surface area contributed by atoms with E-state index in [4.69, 9.17) is 9.84 Å². The van der Waals surface area contributed by atoms with E-state index in [0.717, 1.165) is 24.8 Å². The third-order valence-corrected chi connectivity index (χ3v) is 3.45. The summed E-state index contributed by atoms with van der Waals surface area (Å²) in [7, 11) is 0. The van der Waals surface area contributed by atoms with Crippen LogP contribution in [0.3, 0.4) is 0 Å². The number of aryl methyl sites for hydroxylation is 1. The van der Waals surface area contributed by atoms with Gasteiger partial charge in [0.2, 0.25) is 5.91 Å². The smallest absolute Gasteiger partial charge is 0.335 e. The predicted molar refractivity (Wildman–Crippen MR) is 75.0 cm³/mol. The lowest BCUT2D eigenvalue weighted by molar-refractivity contribution is -0.119. The summed E-state index contributed by atoms with van der Waals surface area (Å²) in [6.07, 6.45) is 3.34. The van der Waals surface area contributed by atoms with Gasteiger partial charge < -0.3 is 15.2 Å². The van der Waals surface area contributed by atoms with E-state index in [2.05, 4.69) is 5.32 Å². The van der Waals surface area contributed by atoms with Crippen molar-refractivity contribution in [3.8, 4) is 0 Å². The van der Waals surface area contributed by atoms with E-state index in [1.54, 1.807) is 6.07 Å². The number of hydrogen-bond acceptors (Lipinski definition) is 3. The Bertz CT molecular complexity index is 507. The molecular formula is C15H19NO4. The lowest BCUT2D eigenvalue weighted by Gasteiger charge is -2.22. The van der Waals surface area contributed by atoms with Crippen LogP contribution in [0.4, 0.5) is 5.69 Å². The monoisotopic (exact) mass is 277 g/mol. The van der Waals surface area contributed by atoms with Crippen molar-refractivity contribution in [2.24, 2.45) is 0 Å². The van der Waals surface area contributed by atoms with Crippen molar-refractivity contribution in [2.75, 3.05) is 11.9 Å². The number of carboxylic acid groups (broad SMARTS) is 1. The van der Waals surface area contributed by atoms with E-state index >= 15 is 0 Å². The van der Waals surface area contributed by atoms with Crippen LogP contribution < -0.4 is 5.32 Å². The predicted octanol–water partition coefficient (Wildman–Crippen LogP) is 2.59. The van der Waals surface area contributed by atoms with Crippen LogP contribution in [-0.4, -0.2) is 29.7 Å². The summed E-state index contributed by atoms with van der Waals surface area (Å²) < 4.78 is 5.52. The van der Waals surface area contributed by atoms with Crippen molar-refractivity contribution in [1.82, 2.24) is 0 Å². The van der Waals surface area contributed by atoms with Crippen molar-refractivity contribution in [3.05, 3.63) is 29.3 Å². The average Bonchev–Trinajstić information content (AvgIpc) is 2.42. The number of ether oxygens (including phenoxy) is 1.